The van der Waals surface area contributed by atoms with E-state index in [1.54, 1.807) is 0 Å². The van der Waals surface area contributed by atoms with Crippen LogP contribution in [0.25, 0.3) is 0 Å². The summed E-state index contributed by atoms with van der Waals surface area (Å²) in [6.07, 6.45) is 1.49. The largest absolute Gasteiger partial charge is 0.377 e. The first kappa shape index (κ1) is 12.2. The van der Waals surface area contributed by atoms with Gasteiger partial charge in [-0.3, -0.25) is 20.2 Å². The Hall–Kier alpha value is -2.22. The van der Waals surface area contributed by atoms with E-state index in [2.05, 4.69) is 5.32 Å². The van der Waals surface area contributed by atoms with E-state index >= 15 is 0 Å². The summed E-state index contributed by atoms with van der Waals surface area (Å²) in [5, 5.41) is 24.4. The molecule has 3 N–H and O–H groups in total. The number of hydrogen-bond acceptors (Lipinski definition) is 6. The number of nitrogens with zero attached hydrogens (tertiary/aromatic N) is 2. The van der Waals surface area contributed by atoms with E-state index in [-0.39, 0.29) is 23.5 Å². The molecule has 96 valence electrons. The number of nitro groups is 2. The fraction of sp³-hybridized carbons (Fsp3) is 0.400. The summed E-state index contributed by atoms with van der Waals surface area (Å²) in [6.45, 7) is 0. The number of rotatable bonds is 4. The molecule has 2 rings (SSSR count). The maximum absolute atomic E-state index is 10.9. The standard InChI is InChI=1S/C10H12N4O4/c11-6-3-7(4-6)12-9-2-1-8(13(15)16)5-10(9)14(17)18/h1-2,5-7,12H,3-4,11H2. The molecule has 0 atom stereocenters. The van der Waals surface area contributed by atoms with Crippen LogP contribution in [0.4, 0.5) is 17.1 Å². The number of anilines is 1. The summed E-state index contributed by atoms with van der Waals surface area (Å²) in [5.41, 5.74) is 5.33. The van der Waals surface area contributed by atoms with Crippen molar-refractivity contribution in [1.82, 2.24) is 0 Å². The second-order valence-corrected chi connectivity index (χ2v) is 4.29. The Balaban J connectivity index is 2.23. The first-order chi connectivity index (χ1) is 8.47. The van der Waals surface area contributed by atoms with Gasteiger partial charge in [0.2, 0.25) is 0 Å². The number of nitrogens with two attached hydrogens (primary N) is 1. The molecule has 0 bridgehead atoms. The van der Waals surface area contributed by atoms with Crippen molar-refractivity contribution < 1.29 is 9.85 Å². The van der Waals surface area contributed by atoms with Gasteiger partial charge in [0.1, 0.15) is 5.69 Å². The highest BCUT2D eigenvalue weighted by Crippen LogP contribution is 2.32. The topological polar surface area (TPSA) is 124 Å². The van der Waals surface area contributed by atoms with Crippen molar-refractivity contribution in [3.05, 3.63) is 38.4 Å². The Morgan fingerprint density at radius 1 is 1.22 bits per heavy atom. The monoisotopic (exact) mass is 252 g/mol. The molecule has 0 heterocycles. The Bertz CT molecular complexity index is 499. The maximum Gasteiger partial charge on any atom is 0.299 e. The van der Waals surface area contributed by atoms with Crippen LogP contribution in [0.3, 0.4) is 0 Å². The third-order valence-corrected chi connectivity index (χ3v) is 2.92. The van der Waals surface area contributed by atoms with Gasteiger partial charge in [0.25, 0.3) is 11.4 Å². The fourth-order valence-electron chi connectivity index (χ4n) is 1.91. The average molecular weight is 252 g/mol. The predicted octanol–water partition coefficient (Wildman–Crippen LogP) is 1.40. The van der Waals surface area contributed by atoms with Crippen molar-refractivity contribution >= 4 is 17.1 Å². The van der Waals surface area contributed by atoms with Crippen molar-refractivity contribution in [2.75, 3.05) is 5.32 Å². The van der Waals surface area contributed by atoms with Crippen LogP contribution in [0.2, 0.25) is 0 Å². The van der Waals surface area contributed by atoms with Crippen LogP contribution in [-0.2, 0) is 0 Å². The molecule has 0 aliphatic heterocycles. The van der Waals surface area contributed by atoms with Crippen LogP contribution in [0, 0.1) is 20.2 Å². The van der Waals surface area contributed by atoms with Gasteiger partial charge in [0, 0.05) is 18.2 Å². The third-order valence-electron chi connectivity index (χ3n) is 2.92. The molecule has 18 heavy (non-hydrogen) atoms. The van der Waals surface area contributed by atoms with E-state index < -0.39 is 9.85 Å². The van der Waals surface area contributed by atoms with Crippen LogP contribution in [0.1, 0.15) is 12.8 Å². The SMILES string of the molecule is NC1CC(Nc2ccc([N+](=O)[O-])cc2[N+](=O)[O-])C1. The lowest BCUT2D eigenvalue weighted by molar-refractivity contribution is -0.393. The zero-order valence-electron chi connectivity index (χ0n) is 9.41. The number of nitrogens with one attached hydrogen (secondary N) is 1. The lowest BCUT2D eigenvalue weighted by Gasteiger charge is -2.33. The predicted molar refractivity (Wildman–Crippen MR) is 64.4 cm³/mol. The normalized spacial score (nSPS) is 22.1. The van der Waals surface area contributed by atoms with Crippen LogP contribution >= 0.6 is 0 Å². The van der Waals surface area contributed by atoms with E-state index in [0.29, 0.717) is 5.69 Å². The molecule has 0 aromatic heterocycles. The zero-order valence-corrected chi connectivity index (χ0v) is 9.41. The minimum absolute atomic E-state index is 0.0974. The third kappa shape index (κ3) is 2.38. The van der Waals surface area contributed by atoms with Crippen LogP contribution in [0.15, 0.2) is 18.2 Å². The first-order valence-corrected chi connectivity index (χ1v) is 5.42. The lowest BCUT2D eigenvalue weighted by atomic mass is 9.87. The van der Waals surface area contributed by atoms with E-state index in [1.807, 2.05) is 0 Å². The van der Waals surface area contributed by atoms with Crippen molar-refractivity contribution in [2.45, 2.75) is 24.9 Å². The van der Waals surface area contributed by atoms with E-state index in [1.165, 1.54) is 12.1 Å². The summed E-state index contributed by atoms with van der Waals surface area (Å²) in [7, 11) is 0. The molecule has 8 heteroatoms. The highest BCUT2D eigenvalue weighted by molar-refractivity contribution is 5.65. The Labute approximate surface area is 102 Å². The molecule has 1 aliphatic rings. The molecule has 0 amide bonds. The highest BCUT2D eigenvalue weighted by Gasteiger charge is 2.28. The van der Waals surface area contributed by atoms with Crippen molar-refractivity contribution in [3.63, 3.8) is 0 Å². The van der Waals surface area contributed by atoms with Crippen LogP contribution < -0.4 is 11.1 Å². The number of hydrogen-bond donors (Lipinski definition) is 2. The van der Waals surface area contributed by atoms with E-state index in [4.69, 9.17) is 5.73 Å². The molecule has 0 radical (unpaired) electrons. The molecule has 0 saturated heterocycles. The summed E-state index contributed by atoms with van der Waals surface area (Å²) in [6, 6.07) is 3.79. The van der Waals surface area contributed by atoms with Gasteiger partial charge in [0.15, 0.2) is 0 Å². The molecule has 1 aliphatic carbocycles. The number of non-ortho nitro benzene ring substituents is 1. The Morgan fingerprint density at radius 3 is 2.39 bits per heavy atom. The van der Waals surface area contributed by atoms with Crippen LogP contribution in [-0.4, -0.2) is 21.9 Å². The molecule has 8 nitrogen and oxygen atoms in total. The second-order valence-electron chi connectivity index (χ2n) is 4.29. The summed E-state index contributed by atoms with van der Waals surface area (Å²) in [5.74, 6) is 0. The fourth-order valence-corrected chi connectivity index (χ4v) is 1.91. The average Bonchev–Trinajstić information content (AvgIpc) is 2.26. The zero-order chi connectivity index (χ0) is 13.3. The lowest BCUT2D eigenvalue weighted by Crippen LogP contribution is -2.44. The molecule has 0 unspecified atom stereocenters. The molecule has 1 saturated carbocycles. The molecule has 1 fully saturated rings. The van der Waals surface area contributed by atoms with Gasteiger partial charge in [-0.05, 0) is 18.9 Å². The van der Waals surface area contributed by atoms with Crippen molar-refractivity contribution in [3.8, 4) is 0 Å². The Kier molecular flexibility index (Phi) is 3.11. The Morgan fingerprint density at radius 2 is 1.89 bits per heavy atom. The van der Waals surface area contributed by atoms with Gasteiger partial charge in [-0.1, -0.05) is 0 Å². The van der Waals surface area contributed by atoms with E-state index in [0.717, 1.165) is 18.9 Å². The second kappa shape index (κ2) is 4.57. The smallest absolute Gasteiger partial charge is 0.299 e. The van der Waals surface area contributed by atoms with E-state index in [9.17, 15) is 20.2 Å². The maximum atomic E-state index is 10.9. The summed E-state index contributed by atoms with van der Waals surface area (Å²) in [4.78, 5) is 20.1. The molecule has 1 aromatic carbocycles. The van der Waals surface area contributed by atoms with Gasteiger partial charge in [-0.2, -0.15) is 0 Å². The van der Waals surface area contributed by atoms with Crippen molar-refractivity contribution in [2.24, 2.45) is 5.73 Å². The first-order valence-electron chi connectivity index (χ1n) is 5.42. The van der Waals surface area contributed by atoms with Crippen LogP contribution in [0.5, 0.6) is 0 Å². The summed E-state index contributed by atoms with van der Waals surface area (Å²) < 4.78 is 0. The molecule has 1 aromatic rings. The van der Waals surface area contributed by atoms with Gasteiger partial charge >= 0.3 is 0 Å². The quantitative estimate of drug-likeness (QED) is 0.616. The van der Waals surface area contributed by atoms with Gasteiger partial charge in [0.05, 0.1) is 15.9 Å². The molecule has 0 spiro atoms. The minimum atomic E-state index is -0.657. The summed E-state index contributed by atoms with van der Waals surface area (Å²) >= 11 is 0. The molecular formula is C10H12N4O4. The highest BCUT2D eigenvalue weighted by atomic mass is 16.6. The van der Waals surface area contributed by atoms with Gasteiger partial charge in [-0.15, -0.1) is 0 Å². The number of benzene rings is 1. The number of nitro benzene ring substituents is 2. The van der Waals surface area contributed by atoms with Gasteiger partial charge in [-0.25, -0.2) is 0 Å². The molecular weight excluding hydrogens is 240 g/mol. The van der Waals surface area contributed by atoms with Crippen molar-refractivity contribution in [1.29, 1.82) is 0 Å². The minimum Gasteiger partial charge on any atom is -0.377 e. The van der Waals surface area contributed by atoms with Gasteiger partial charge < -0.3 is 11.1 Å².